The van der Waals surface area contributed by atoms with Gasteiger partial charge in [-0.15, -0.1) is 0 Å². The molecule has 2 aliphatic heterocycles. The second kappa shape index (κ2) is 3.79. The summed E-state index contributed by atoms with van der Waals surface area (Å²) >= 11 is 0. The molecule has 1 spiro atoms. The monoisotopic (exact) mass is 213 g/mol. The molecule has 0 radical (unpaired) electrons. The summed E-state index contributed by atoms with van der Waals surface area (Å²) in [5, 5.41) is 2.34. The average molecular weight is 213 g/mol. The van der Waals surface area contributed by atoms with E-state index >= 15 is 0 Å². The van der Waals surface area contributed by atoms with E-state index in [1.54, 1.807) is 4.90 Å². The van der Waals surface area contributed by atoms with E-state index in [-0.39, 0.29) is 11.9 Å². The average Bonchev–Trinajstić information content (AvgIpc) is 2.75. The first-order valence-corrected chi connectivity index (χ1v) is 5.11. The van der Waals surface area contributed by atoms with Crippen molar-refractivity contribution in [1.82, 2.24) is 10.2 Å². The number of rotatable bonds is 3. The molecule has 3 N–H and O–H groups in total. The molecule has 2 aliphatic rings. The van der Waals surface area contributed by atoms with Crippen LogP contribution in [-0.4, -0.2) is 48.7 Å². The Hall–Kier alpha value is -1.14. The fraction of sp³-hybridized carbons (Fsp3) is 0.778. The van der Waals surface area contributed by atoms with Crippen molar-refractivity contribution in [3.8, 4) is 0 Å². The third-order valence-corrected chi connectivity index (χ3v) is 2.99. The fourth-order valence-electron chi connectivity index (χ4n) is 2.11. The van der Waals surface area contributed by atoms with Gasteiger partial charge in [-0.2, -0.15) is 0 Å². The van der Waals surface area contributed by atoms with Gasteiger partial charge in [0.15, 0.2) is 0 Å². The minimum absolute atomic E-state index is 0.234. The van der Waals surface area contributed by atoms with Crippen molar-refractivity contribution in [2.75, 3.05) is 26.3 Å². The van der Waals surface area contributed by atoms with E-state index in [9.17, 15) is 9.59 Å². The highest BCUT2D eigenvalue weighted by atomic mass is 16.5. The maximum absolute atomic E-state index is 11.7. The van der Waals surface area contributed by atoms with Crippen LogP contribution in [0, 0.1) is 0 Å². The van der Waals surface area contributed by atoms with Crippen LogP contribution in [-0.2, 0) is 9.53 Å². The second-order valence-corrected chi connectivity index (χ2v) is 3.89. The highest BCUT2D eigenvalue weighted by Gasteiger charge is 2.54. The molecule has 15 heavy (non-hydrogen) atoms. The van der Waals surface area contributed by atoms with E-state index in [4.69, 9.17) is 10.5 Å². The molecule has 0 bridgehead atoms. The van der Waals surface area contributed by atoms with Crippen LogP contribution in [0.1, 0.15) is 12.8 Å². The Kier molecular flexibility index (Phi) is 2.62. The normalized spacial score (nSPS) is 30.3. The lowest BCUT2D eigenvalue weighted by atomic mass is 9.97. The molecule has 84 valence electrons. The number of ether oxygens (including phenoxy) is 1. The molecule has 6 heteroatoms. The molecule has 1 unspecified atom stereocenters. The Morgan fingerprint density at radius 2 is 2.33 bits per heavy atom. The van der Waals surface area contributed by atoms with Crippen molar-refractivity contribution in [2.45, 2.75) is 18.4 Å². The first-order valence-electron chi connectivity index (χ1n) is 5.11. The van der Waals surface area contributed by atoms with E-state index in [0.29, 0.717) is 39.1 Å². The van der Waals surface area contributed by atoms with E-state index in [1.807, 2.05) is 0 Å². The van der Waals surface area contributed by atoms with Gasteiger partial charge in [-0.25, -0.2) is 4.79 Å². The molecule has 0 saturated carbocycles. The fourth-order valence-corrected chi connectivity index (χ4v) is 2.11. The maximum Gasteiger partial charge on any atom is 0.325 e. The number of hydrogen-bond acceptors (Lipinski definition) is 4. The van der Waals surface area contributed by atoms with Gasteiger partial charge in [-0.05, 0) is 13.0 Å². The summed E-state index contributed by atoms with van der Waals surface area (Å²) in [5.74, 6) is -0.234. The Bertz CT molecular complexity index is 286. The molecule has 0 aromatic heterocycles. The van der Waals surface area contributed by atoms with Gasteiger partial charge < -0.3 is 15.4 Å². The molecule has 2 rings (SSSR count). The zero-order chi connectivity index (χ0) is 10.9. The quantitative estimate of drug-likeness (QED) is 0.592. The van der Waals surface area contributed by atoms with E-state index in [1.165, 1.54) is 0 Å². The number of carbonyl (C=O) groups excluding carboxylic acids is 2. The zero-order valence-corrected chi connectivity index (χ0v) is 8.49. The van der Waals surface area contributed by atoms with E-state index in [2.05, 4.69) is 5.32 Å². The number of hydrogen-bond donors (Lipinski definition) is 2. The van der Waals surface area contributed by atoms with Crippen molar-refractivity contribution in [1.29, 1.82) is 0 Å². The maximum atomic E-state index is 11.7. The molecule has 0 aromatic rings. The van der Waals surface area contributed by atoms with Gasteiger partial charge in [0, 0.05) is 19.6 Å². The molecule has 2 saturated heterocycles. The van der Waals surface area contributed by atoms with Gasteiger partial charge in [0.2, 0.25) is 0 Å². The summed E-state index contributed by atoms with van der Waals surface area (Å²) in [6, 6.07) is -0.320. The van der Waals surface area contributed by atoms with Crippen LogP contribution in [0.4, 0.5) is 4.79 Å². The van der Waals surface area contributed by atoms with E-state index in [0.717, 1.165) is 0 Å². The Morgan fingerprint density at radius 3 is 2.93 bits per heavy atom. The number of carbonyl (C=O) groups is 2. The third-order valence-electron chi connectivity index (χ3n) is 2.99. The molecular weight excluding hydrogens is 198 g/mol. The Balaban J connectivity index is 2.17. The van der Waals surface area contributed by atoms with Crippen LogP contribution in [0.3, 0.4) is 0 Å². The first kappa shape index (κ1) is 10.4. The lowest BCUT2D eigenvalue weighted by Gasteiger charge is -2.29. The molecule has 2 heterocycles. The first-order chi connectivity index (χ1) is 7.20. The van der Waals surface area contributed by atoms with Crippen molar-refractivity contribution in [2.24, 2.45) is 5.73 Å². The van der Waals surface area contributed by atoms with Crippen molar-refractivity contribution < 1.29 is 14.3 Å². The van der Waals surface area contributed by atoms with Crippen molar-refractivity contribution >= 4 is 11.9 Å². The number of nitrogens with two attached hydrogens (primary N) is 1. The molecule has 6 nitrogen and oxygen atoms in total. The predicted octanol–water partition coefficient (Wildman–Crippen LogP) is -0.954. The smallest absolute Gasteiger partial charge is 0.325 e. The Labute approximate surface area is 87.7 Å². The minimum Gasteiger partial charge on any atom is -0.378 e. The van der Waals surface area contributed by atoms with Gasteiger partial charge in [-0.3, -0.25) is 10.1 Å². The van der Waals surface area contributed by atoms with Gasteiger partial charge in [0.05, 0.1) is 6.61 Å². The molecule has 1 atom stereocenters. The van der Waals surface area contributed by atoms with E-state index < -0.39 is 5.54 Å². The van der Waals surface area contributed by atoms with Crippen LogP contribution in [0.25, 0.3) is 0 Å². The predicted molar refractivity (Wildman–Crippen MR) is 52.1 cm³/mol. The highest BCUT2D eigenvalue weighted by molar-refractivity contribution is 6.07. The molecule has 3 amide bonds. The van der Waals surface area contributed by atoms with Gasteiger partial charge in [-0.1, -0.05) is 0 Å². The number of imide groups is 1. The van der Waals surface area contributed by atoms with Crippen LogP contribution in [0.5, 0.6) is 0 Å². The molecule has 2 fully saturated rings. The van der Waals surface area contributed by atoms with Crippen molar-refractivity contribution in [3.63, 3.8) is 0 Å². The van der Waals surface area contributed by atoms with Crippen LogP contribution >= 0.6 is 0 Å². The van der Waals surface area contributed by atoms with Crippen LogP contribution < -0.4 is 11.1 Å². The van der Waals surface area contributed by atoms with Gasteiger partial charge in [0.25, 0.3) is 5.91 Å². The summed E-state index contributed by atoms with van der Waals surface area (Å²) in [6.45, 7) is 1.85. The summed E-state index contributed by atoms with van der Waals surface area (Å²) in [5.41, 5.74) is 4.64. The van der Waals surface area contributed by atoms with Crippen molar-refractivity contribution in [3.05, 3.63) is 0 Å². The summed E-state index contributed by atoms with van der Waals surface area (Å²) in [7, 11) is 0. The van der Waals surface area contributed by atoms with Gasteiger partial charge >= 0.3 is 6.03 Å². The Morgan fingerprint density at radius 1 is 1.53 bits per heavy atom. The topological polar surface area (TPSA) is 84.7 Å². The molecule has 0 aromatic carbocycles. The zero-order valence-electron chi connectivity index (χ0n) is 8.49. The highest BCUT2D eigenvalue weighted by Crippen LogP contribution is 2.30. The standard InChI is InChI=1S/C9H15N3O3/c10-3-1-4-12-8(14)11-7(13)9(12)2-5-15-6-9/h1-6,10H2,(H,11,13,14). The van der Waals surface area contributed by atoms with Crippen LogP contribution in [0.2, 0.25) is 0 Å². The number of urea groups is 1. The summed E-state index contributed by atoms with van der Waals surface area (Å²) < 4.78 is 5.23. The summed E-state index contributed by atoms with van der Waals surface area (Å²) in [6.07, 6.45) is 1.28. The second-order valence-electron chi connectivity index (χ2n) is 3.89. The largest absolute Gasteiger partial charge is 0.378 e. The van der Waals surface area contributed by atoms with Gasteiger partial charge in [0.1, 0.15) is 5.54 Å². The lowest BCUT2D eigenvalue weighted by molar-refractivity contribution is -0.126. The molecule has 0 aliphatic carbocycles. The molecular formula is C9H15N3O3. The summed E-state index contributed by atoms with van der Waals surface area (Å²) in [4.78, 5) is 24.8. The minimum atomic E-state index is -0.758. The van der Waals surface area contributed by atoms with Crippen LogP contribution in [0.15, 0.2) is 0 Å². The number of nitrogens with zero attached hydrogens (tertiary/aromatic N) is 1. The third kappa shape index (κ3) is 1.49. The SMILES string of the molecule is NCCCN1C(=O)NC(=O)C12CCOC2. The number of amides is 3. The lowest BCUT2D eigenvalue weighted by Crippen LogP contribution is -2.50. The number of nitrogens with one attached hydrogen (secondary N) is 1.